The Bertz CT molecular complexity index is 294. The van der Waals surface area contributed by atoms with Gasteiger partial charge in [0.1, 0.15) is 0 Å². The average molecular weight is 221 g/mol. The Morgan fingerprint density at radius 1 is 1.31 bits per heavy atom. The lowest BCUT2D eigenvalue weighted by molar-refractivity contribution is -0.0970. The van der Waals surface area contributed by atoms with Crippen LogP contribution in [0.4, 0.5) is 0 Å². The zero-order chi connectivity index (χ0) is 11.8. The largest absolute Gasteiger partial charge is 0.388 e. The van der Waals surface area contributed by atoms with E-state index in [1.54, 1.807) is 0 Å². The molecule has 0 aliphatic heterocycles. The van der Waals surface area contributed by atoms with E-state index in [0.29, 0.717) is 5.92 Å². The summed E-state index contributed by atoms with van der Waals surface area (Å²) in [5, 5.41) is 20.5. The van der Waals surface area contributed by atoms with E-state index in [9.17, 15) is 10.4 Å². The van der Waals surface area contributed by atoms with Crippen LogP contribution < -0.4 is 0 Å². The molecular weight excluding hydrogens is 198 g/mol. The fourth-order valence-corrected chi connectivity index (χ4v) is 3.48. The van der Waals surface area contributed by atoms with Crippen LogP contribution in [0, 0.1) is 28.6 Å². The van der Waals surface area contributed by atoms with Crippen LogP contribution in [0.5, 0.6) is 0 Å². The van der Waals surface area contributed by atoms with Crippen LogP contribution >= 0.6 is 0 Å². The first-order chi connectivity index (χ1) is 7.58. The van der Waals surface area contributed by atoms with Crippen LogP contribution in [0.2, 0.25) is 0 Å². The normalized spacial score (nSPS) is 38.8. The topological polar surface area (TPSA) is 44.0 Å². The van der Waals surface area contributed by atoms with Gasteiger partial charge in [-0.05, 0) is 56.8 Å². The second-order valence-corrected chi connectivity index (χ2v) is 5.93. The molecule has 0 heterocycles. The van der Waals surface area contributed by atoms with Gasteiger partial charge in [0.25, 0.3) is 0 Å². The van der Waals surface area contributed by atoms with E-state index < -0.39 is 11.0 Å². The first-order valence-corrected chi connectivity index (χ1v) is 6.71. The molecule has 0 bridgehead atoms. The SMILES string of the molecule is CCC(O)(C1CC1)C1(C#N)CCC(C)CC1. The predicted octanol–water partition coefficient (Wildman–Crippen LogP) is 3.26. The molecule has 2 nitrogen and oxygen atoms in total. The minimum absolute atomic E-state index is 0.394. The van der Waals surface area contributed by atoms with Gasteiger partial charge >= 0.3 is 0 Å². The van der Waals surface area contributed by atoms with E-state index in [-0.39, 0.29) is 0 Å². The van der Waals surface area contributed by atoms with Gasteiger partial charge in [-0.25, -0.2) is 0 Å². The van der Waals surface area contributed by atoms with Gasteiger partial charge in [-0.1, -0.05) is 13.8 Å². The predicted molar refractivity (Wildman–Crippen MR) is 63.6 cm³/mol. The molecule has 0 aromatic carbocycles. The fourth-order valence-electron chi connectivity index (χ4n) is 3.48. The summed E-state index contributed by atoms with van der Waals surface area (Å²) >= 11 is 0. The molecule has 2 aliphatic carbocycles. The molecule has 1 atom stereocenters. The van der Waals surface area contributed by atoms with E-state index >= 15 is 0 Å². The standard InChI is InChI=1S/C14H23NO/c1-3-14(16,12-4-5-12)13(10-15)8-6-11(2)7-9-13/h11-12,16H,3-9H2,1-2H3. The second-order valence-electron chi connectivity index (χ2n) is 5.93. The lowest BCUT2D eigenvalue weighted by Crippen LogP contribution is -2.50. The van der Waals surface area contributed by atoms with Gasteiger partial charge in [0, 0.05) is 0 Å². The summed E-state index contributed by atoms with van der Waals surface area (Å²) in [5.41, 5.74) is -1.16. The minimum atomic E-state index is -0.706. The third kappa shape index (κ3) is 1.66. The maximum atomic E-state index is 10.9. The highest BCUT2D eigenvalue weighted by Crippen LogP contribution is 2.56. The molecule has 2 saturated carbocycles. The van der Waals surface area contributed by atoms with Crippen molar-refractivity contribution in [2.45, 2.75) is 64.4 Å². The van der Waals surface area contributed by atoms with Crippen molar-refractivity contribution < 1.29 is 5.11 Å². The molecule has 90 valence electrons. The van der Waals surface area contributed by atoms with E-state index in [1.165, 1.54) is 0 Å². The van der Waals surface area contributed by atoms with E-state index in [0.717, 1.165) is 50.9 Å². The highest BCUT2D eigenvalue weighted by atomic mass is 16.3. The molecule has 0 radical (unpaired) electrons. The van der Waals surface area contributed by atoms with Crippen molar-refractivity contribution in [2.75, 3.05) is 0 Å². The molecule has 0 amide bonds. The number of hydrogen-bond donors (Lipinski definition) is 1. The molecule has 2 heteroatoms. The Hall–Kier alpha value is -0.550. The van der Waals surface area contributed by atoms with Gasteiger partial charge in [0.15, 0.2) is 0 Å². The summed E-state index contributed by atoms with van der Waals surface area (Å²) in [6, 6.07) is 2.50. The minimum Gasteiger partial charge on any atom is -0.388 e. The summed E-state index contributed by atoms with van der Waals surface area (Å²) in [6.07, 6.45) is 6.95. The van der Waals surface area contributed by atoms with Gasteiger partial charge in [0.05, 0.1) is 17.1 Å². The van der Waals surface area contributed by atoms with Gasteiger partial charge in [0.2, 0.25) is 0 Å². The van der Waals surface area contributed by atoms with Crippen molar-refractivity contribution in [1.82, 2.24) is 0 Å². The Morgan fingerprint density at radius 2 is 1.88 bits per heavy atom. The van der Waals surface area contributed by atoms with Gasteiger partial charge in [-0.15, -0.1) is 0 Å². The maximum Gasteiger partial charge on any atom is 0.0863 e. The molecule has 2 rings (SSSR count). The fraction of sp³-hybridized carbons (Fsp3) is 0.929. The Kier molecular flexibility index (Phi) is 3.01. The Morgan fingerprint density at radius 3 is 2.25 bits per heavy atom. The zero-order valence-electron chi connectivity index (χ0n) is 10.5. The first kappa shape index (κ1) is 11.9. The third-order valence-corrected chi connectivity index (χ3v) is 4.96. The van der Waals surface area contributed by atoms with Crippen LogP contribution in [0.1, 0.15) is 58.8 Å². The molecule has 0 spiro atoms. The summed E-state index contributed by atoms with van der Waals surface area (Å²) in [6.45, 7) is 4.29. The lowest BCUT2D eigenvalue weighted by atomic mass is 9.60. The molecule has 2 fully saturated rings. The van der Waals surface area contributed by atoms with Crippen molar-refractivity contribution in [2.24, 2.45) is 17.3 Å². The number of hydrogen-bond acceptors (Lipinski definition) is 2. The van der Waals surface area contributed by atoms with Gasteiger partial charge in [-0.2, -0.15) is 5.26 Å². The Labute approximate surface area is 98.7 Å². The van der Waals surface area contributed by atoms with Crippen molar-refractivity contribution in [3.63, 3.8) is 0 Å². The summed E-state index contributed by atoms with van der Waals surface area (Å²) in [4.78, 5) is 0. The summed E-state index contributed by atoms with van der Waals surface area (Å²) < 4.78 is 0. The molecule has 0 aromatic heterocycles. The molecule has 1 unspecified atom stereocenters. The van der Waals surface area contributed by atoms with Crippen molar-refractivity contribution in [1.29, 1.82) is 5.26 Å². The van der Waals surface area contributed by atoms with Crippen LogP contribution in [0.3, 0.4) is 0 Å². The van der Waals surface area contributed by atoms with E-state index in [4.69, 9.17) is 0 Å². The smallest absolute Gasteiger partial charge is 0.0863 e. The van der Waals surface area contributed by atoms with E-state index in [1.807, 2.05) is 6.92 Å². The number of aliphatic hydroxyl groups is 1. The molecular formula is C14H23NO. The van der Waals surface area contributed by atoms with Crippen LogP contribution in [0.25, 0.3) is 0 Å². The lowest BCUT2D eigenvalue weighted by Gasteiger charge is -2.46. The second kappa shape index (κ2) is 4.04. The number of nitrogens with zero attached hydrogens (tertiary/aromatic N) is 1. The van der Waals surface area contributed by atoms with Crippen molar-refractivity contribution in [3.05, 3.63) is 0 Å². The molecule has 16 heavy (non-hydrogen) atoms. The van der Waals surface area contributed by atoms with Gasteiger partial charge < -0.3 is 5.11 Å². The Balaban J connectivity index is 2.23. The quantitative estimate of drug-likeness (QED) is 0.795. The van der Waals surface area contributed by atoms with E-state index in [2.05, 4.69) is 13.0 Å². The van der Waals surface area contributed by atoms with Crippen LogP contribution in [-0.2, 0) is 0 Å². The summed E-state index contributed by atoms with van der Waals surface area (Å²) in [5.74, 6) is 1.12. The monoisotopic (exact) mass is 221 g/mol. The average Bonchev–Trinajstić information content (AvgIpc) is 3.13. The highest BCUT2D eigenvalue weighted by molar-refractivity contribution is 5.16. The van der Waals surface area contributed by atoms with Gasteiger partial charge in [-0.3, -0.25) is 0 Å². The number of nitriles is 1. The highest BCUT2D eigenvalue weighted by Gasteiger charge is 2.57. The third-order valence-electron chi connectivity index (χ3n) is 4.96. The molecule has 1 N–H and O–H groups in total. The zero-order valence-corrected chi connectivity index (χ0v) is 10.5. The molecule has 2 aliphatic rings. The van der Waals surface area contributed by atoms with Crippen molar-refractivity contribution in [3.8, 4) is 6.07 Å². The van der Waals surface area contributed by atoms with Crippen LogP contribution in [-0.4, -0.2) is 10.7 Å². The molecule has 0 saturated heterocycles. The molecule has 0 aromatic rings. The number of rotatable bonds is 3. The van der Waals surface area contributed by atoms with Crippen molar-refractivity contribution >= 4 is 0 Å². The first-order valence-electron chi connectivity index (χ1n) is 6.71. The summed E-state index contributed by atoms with van der Waals surface area (Å²) in [7, 11) is 0. The van der Waals surface area contributed by atoms with Crippen LogP contribution in [0.15, 0.2) is 0 Å². The maximum absolute atomic E-state index is 10.9.